The van der Waals surface area contributed by atoms with Gasteiger partial charge in [0.05, 0.1) is 30.8 Å². The summed E-state index contributed by atoms with van der Waals surface area (Å²) in [5.74, 6) is -2.25. The summed E-state index contributed by atoms with van der Waals surface area (Å²) >= 11 is 0. The molecule has 1 aromatic heterocycles. The van der Waals surface area contributed by atoms with Crippen LogP contribution >= 0.6 is 0 Å². The van der Waals surface area contributed by atoms with Crippen LogP contribution in [0.25, 0.3) is 0 Å². The van der Waals surface area contributed by atoms with Gasteiger partial charge in [-0.1, -0.05) is 6.07 Å². The summed E-state index contributed by atoms with van der Waals surface area (Å²) in [4.78, 5) is 32.0. The Morgan fingerprint density at radius 3 is 2.70 bits per heavy atom. The number of sulfonamides is 1. The van der Waals surface area contributed by atoms with Crippen molar-refractivity contribution < 1.29 is 32.2 Å². The van der Waals surface area contributed by atoms with Crippen molar-refractivity contribution in [1.29, 1.82) is 0 Å². The molecule has 0 radical (unpaired) electrons. The maximum Gasteiger partial charge on any atom is 0.296 e. The Labute approximate surface area is 231 Å². The maximum absolute atomic E-state index is 14.3. The van der Waals surface area contributed by atoms with E-state index in [1.807, 2.05) is 0 Å². The first-order valence-electron chi connectivity index (χ1n) is 13.4. The molecule has 0 bridgehead atoms. The van der Waals surface area contributed by atoms with E-state index in [1.54, 1.807) is 13.8 Å². The van der Waals surface area contributed by atoms with Gasteiger partial charge in [-0.2, -0.15) is 4.31 Å². The molecule has 2 N–H and O–H groups in total. The molecular weight excluding hydrogens is 545 g/mol. The number of amides is 1. The predicted octanol–water partition coefficient (Wildman–Crippen LogP) is 0.769. The number of hydrogen-bond acceptors (Lipinski definition) is 9. The molecule has 1 unspecified atom stereocenters. The quantitative estimate of drug-likeness (QED) is 0.486. The topological polar surface area (TPSA) is 143 Å². The fourth-order valence-electron chi connectivity index (χ4n) is 5.41. The van der Waals surface area contributed by atoms with E-state index in [0.29, 0.717) is 6.54 Å². The van der Waals surface area contributed by atoms with Crippen LogP contribution in [0.15, 0.2) is 27.9 Å². The van der Waals surface area contributed by atoms with Gasteiger partial charge < -0.3 is 24.8 Å². The van der Waals surface area contributed by atoms with Gasteiger partial charge in [0.15, 0.2) is 5.69 Å². The van der Waals surface area contributed by atoms with Crippen LogP contribution in [0.4, 0.5) is 4.39 Å². The van der Waals surface area contributed by atoms with Crippen molar-refractivity contribution in [3.05, 3.63) is 51.5 Å². The zero-order valence-corrected chi connectivity index (χ0v) is 23.4. The zero-order valence-electron chi connectivity index (χ0n) is 22.6. The number of likely N-dealkylation sites (tertiary alicyclic amines) is 1. The minimum Gasteiger partial charge on any atom is -0.501 e. The third-order valence-corrected chi connectivity index (χ3v) is 9.47. The van der Waals surface area contributed by atoms with Gasteiger partial charge in [-0.15, -0.1) is 0 Å². The molecule has 3 aliphatic heterocycles. The first-order valence-corrected chi connectivity index (χ1v) is 14.8. The van der Waals surface area contributed by atoms with Gasteiger partial charge in [0, 0.05) is 26.2 Å². The Balaban J connectivity index is 1.36. The van der Waals surface area contributed by atoms with Crippen LogP contribution in [0, 0.1) is 5.82 Å². The van der Waals surface area contributed by atoms with E-state index in [4.69, 9.17) is 9.47 Å². The lowest BCUT2D eigenvalue weighted by atomic mass is 10.1. The lowest BCUT2D eigenvalue weighted by Crippen LogP contribution is -2.49. The van der Waals surface area contributed by atoms with E-state index in [0.717, 1.165) is 38.1 Å². The lowest BCUT2D eigenvalue weighted by molar-refractivity contribution is -0.0566. The van der Waals surface area contributed by atoms with E-state index in [1.165, 1.54) is 14.9 Å². The number of nitrogens with zero attached hydrogens (tertiary/aromatic N) is 4. The SMILES string of the molecule is CC1(C)OCCn2c1nc(C(=O)NCc1ccc(F)cc1S(=O)(=O)N1CCOC(CN3CCCC3)C1)c(O)c2=O. The van der Waals surface area contributed by atoms with Crippen molar-refractivity contribution >= 4 is 15.9 Å². The number of ether oxygens (including phenoxy) is 2. The number of hydrogen-bond donors (Lipinski definition) is 2. The van der Waals surface area contributed by atoms with E-state index >= 15 is 0 Å². The third kappa shape index (κ3) is 5.63. The Bertz CT molecular complexity index is 1460. The molecule has 5 rings (SSSR count). The van der Waals surface area contributed by atoms with Crippen LogP contribution in [-0.2, 0) is 38.2 Å². The summed E-state index contributed by atoms with van der Waals surface area (Å²) in [6.45, 7) is 6.50. The highest BCUT2D eigenvalue weighted by Crippen LogP contribution is 2.28. The Kier molecular flexibility index (Phi) is 7.99. The predicted molar refractivity (Wildman–Crippen MR) is 141 cm³/mol. The molecule has 1 aromatic carbocycles. The normalized spacial score (nSPS) is 21.7. The highest BCUT2D eigenvalue weighted by molar-refractivity contribution is 7.89. The van der Waals surface area contributed by atoms with E-state index in [9.17, 15) is 27.5 Å². The molecule has 0 saturated carbocycles. The van der Waals surface area contributed by atoms with Crippen molar-refractivity contribution in [3.8, 4) is 5.75 Å². The largest absolute Gasteiger partial charge is 0.501 e. The first kappa shape index (κ1) is 28.6. The number of fused-ring (bicyclic) bond motifs is 1. The smallest absolute Gasteiger partial charge is 0.296 e. The van der Waals surface area contributed by atoms with Crippen molar-refractivity contribution in [2.24, 2.45) is 0 Å². The van der Waals surface area contributed by atoms with E-state index < -0.39 is 44.4 Å². The molecule has 2 fully saturated rings. The number of benzene rings is 1. The van der Waals surface area contributed by atoms with Crippen LogP contribution in [0.1, 0.15) is 48.6 Å². The van der Waals surface area contributed by atoms with Gasteiger partial charge in [0.2, 0.25) is 15.8 Å². The van der Waals surface area contributed by atoms with Gasteiger partial charge in [0.25, 0.3) is 11.5 Å². The zero-order chi connectivity index (χ0) is 28.7. The first-order chi connectivity index (χ1) is 19.0. The second-order valence-electron chi connectivity index (χ2n) is 10.7. The van der Waals surface area contributed by atoms with Gasteiger partial charge >= 0.3 is 0 Å². The Morgan fingerprint density at radius 1 is 1.20 bits per heavy atom. The van der Waals surface area contributed by atoms with Crippen LogP contribution in [-0.4, -0.2) is 90.2 Å². The molecule has 0 aliphatic carbocycles. The van der Waals surface area contributed by atoms with Crippen LogP contribution in [0.5, 0.6) is 5.75 Å². The van der Waals surface area contributed by atoms with Gasteiger partial charge in [-0.25, -0.2) is 17.8 Å². The molecule has 3 aliphatic rings. The summed E-state index contributed by atoms with van der Waals surface area (Å²) in [7, 11) is -4.13. The molecule has 1 atom stereocenters. The van der Waals surface area contributed by atoms with Gasteiger partial charge in [-0.05, 0) is 57.5 Å². The maximum atomic E-state index is 14.3. The number of halogens is 1. The summed E-state index contributed by atoms with van der Waals surface area (Å²) in [6, 6.07) is 3.33. The summed E-state index contributed by atoms with van der Waals surface area (Å²) < 4.78 is 55.6. The molecule has 218 valence electrons. The van der Waals surface area contributed by atoms with Crippen LogP contribution < -0.4 is 10.9 Å². The molecule has 2 saturated heterocycles. The second kappa shape index (κ2) is 11.2. The minimum atomic E-state index is -4.13. The van der Waals surface area contributed by atoms with E-state index in [2.05, 4.69) is 15.2 Å². The molecule has 1 amide bonds. The number of carbonyl (C=O) groups is 1. The average Bonchev–Trinajstić information content (AvgIpc) is 3.43. The molecule has 2 aromatic rings. The van der Waals surface area contributed by atoms with Gasteiger partial charge in [0.1, 0.15) is 17.2 Å². The van der Waals surface area contributed by atoms with Crippen molar-refractivity contribution in [1.82, 2.24) is 24.1 Å². The number of nitrogens with one attached hydrogen (secondary N) is 1. The Hall–Kier alpha value is -2.91. The van der Waals surface area contributed by atoms with Crippen LogP contribution in [0.3, 0.4) is 0 Å². The Morgan fingerprint density at radius 2 is 1.95 bits per heavy atom. The van der Waals surface area contributed by atoms with Crippen molar-refractivity contribution in [2.75, 3.05) is 45.9 Å². The highest BCUT2D eigenvalue weighted by atomic mass is 32.2. The average molecular weight is 580 g/mol. The molecule has 12 nitrogen and oxygen atoms in total. The lowest BCUT2D eigenvalue weighted by Gasteiger charge is -2.34. The number of aromatic nitrogens is 2. The number of aromatic hydroxyl groups is 1. The monoisotopic (exact) mass is 579 g/mol. The second-order valence-corrected chi connectivity index (χ2v) is 12.7. The van der Waals surface area contributed by atoms with Gasteiger partial charge in [-0.3, -0.25) is 14.2 Å². The van der Waals surface area contributed by atoms with Crippen LogP contribution in [0.2, 0.25) is 0 Å². The fourth-order valence-corrected chi connectivity index (χ4v) is 7.10. The minimum absolute atomic E-state index is 0.121. The third-order valence-electron chi connectivity index (χ3n) is 7.53. The summed E-state index contributed by atoms with van der Waals surface area (Å²) in [6.07, 6.45) is 1.91. The number of morpholine rings is 1. The molecule has 4 heterocycles. The molecule has 14 heteroatoms. The molecule has 40 heavy (non-hydrogen) atoms. The standard InChI is InChI=1S/C26H34FN5O7S/c1-26(2)25-29-21(22(33)24(35)32(25)10-12-39-26)23(34)28-14-17-5-6-18(27)13-20(17)40(36,37)31-9-11-38-19(16-31)15-30-7-3-4-8-30/h5-6,13,19,33H,3-4,7-12,14-16H2,1-2H3,(H,28,34). The van der Waals surface area contributed by atoms with Crippen molar-refractivity contribution in [2.45, 2.75) is 56.4 Å². The number of rotatable bonds is 7. The molecular formula is C26H34FN5O7S. The summed E-state index contributed by atoms with van der Waals surface area (Å²) in [5, 5.41) is 13.0. The molecule has 0 spiro atoms. The highest BCUT2D eigenvalue weighted by Gasteiger charge is 2.36. The summed E-state index contributed by atoms with van der Waals surface area (Å²) in [5.41, 5.74) is -2.09. The van der Waals surface area contributed by atoms with E-state index in [-0.39, 0.29) is 61.8 Å². The van der Waals surface area contributed by atoms with Crippen molar-refractivity contribution in [3.63, 3.8) is 0 Å². The fraction of sp³-hybridized carbons (Fsp3) is 0.577. The number of carbonyl (C=O) groups excluding carboxylic acids is 1.